The number of para-hydroxylation sites is 1. The van der Waals surface area contributed by atoms with Gasteiger partial charge < -0.3 is 9.88 Å². The van der Waals surface area contributed by atoms with Gasteiger partial charge in [-0.05, 0) is 75.7 Å². The molecule has 2 heterocycles. The van der Waals surface area contributed by atoms with E-state index in [1.807, 2.05) is 41.1 Å². The van der Waals surface area contributed by atoms with E-state index in [2.05, 4.69) is 21.2 Å². The number of hydrogen-bond acceptors (Lipinski definition) is 4. The van der Waals surface area contributed by atoms with Crippen LogP contribution >= 0.6 is 62.5 Å². The number of carbonyl (C=O) groups excluding carboxylic acids is 3. The van der Waals surface area contributed by atoms with Gasteiger partial charge in [0.2, 0.25) is 5.91 Å². The average Bonchev–Trinajstić information content (AvgIpc) is 3.35. The van der Waals surface area contributed by atoms with Crippen LogP contribution in [0.3, 0.4) is 0 Å². The fourth-order valence-corrected chi connectivity index (χ4v) is 5.77. The molecule has 0 bridgehead atoms. The van der Waals surface area contributed by atoms with E-state index in [4.69, 9.17) is 34.8 Å². The Kier molecular flexibility index (Phi) is 7.88. The van der Waals surface area contributed by atoms with E-state index in [-0.39, 0.29) is 4.91 Å². The van der Waals surface area contributed by atoms with Gasteiger partial charge in [0.05, 0.1) is 9.93 Å². The van der Waals surface area contributed by atoms with Gasteiger partial charge in [-0.3, -0.25) is 19.3 Å². The Labute approximate surface area is 245 Å². The lowest BCUT2D eigenvalue weighted by atomic mass is 10.1. The first-order valence-corrected chi connectivity index (χ1v) is 14.0. The monoisotopic (exact) mass is 647 g/mol. The SMILES string of the molecule is O=C(CN1C(=O)S/C(=C/c2cn(Cc3ccc(Cl)cc3Cl)c3ccccc23)C1=O)Nc1ccc(Br)c(Cl)c1. The number of thioether (sulfide) groups is 1. The number of aromatic nitrogens is 1. The molecule has 1 aliphatic rings. The molecule has 3 aromatic carbocycles. The Morgan fingerprint density at radius 2 is 1.79 bits per heavy atom. The van der Waals surface area contributed by atoms with Crippen molar-refractivity contribution in [1.29, 1.82) is 0 Å². The second-order valence-electron chi connectivity index (χ2n) is 8.41. The third-order valence-corrected chi connectivity index (χ3v) is 8.57. The molecule has 0 aliphatic carbocycles. The molecule has 0 radical (unpaired) electrons. The second-order valence-corrected chi connectivity index (χ2v) is 11.5. The minimum Gasteiger partial charge on any atom is -0.342 e. The van der Waals surface area contributed by atoms with Gasteiger partial charge in [0.25, 0.3) is 11.1 Å². The first-order valence-electron chi connectivity index (χ1n) is 11.2. The lowest BCUT2D eigenvalue weighted by Crippen LogP contribution is -2.36. The predicted molar refractivity (Wildman–Crippen MR) is 158 cm³/mol. The maximum Gasteiger partial charge on any atom is 0.294 e. The number of carbonyl (C=O) groups is 3. The zero-order chi connectivity index (χ0) is 27.0. The summed E-state index contributed by atoms with van der Waals surface area (Å²) < 4.78 is 2.71. The topological polar surface area (TPSA) is 71.4 Å². The summed E-state index contributed by atoms with van der Waals surface area (Å²) in [6.45, 7) is 0.0819. The molecular formula is C27H17BrCl3N3O3S. The fourth-order valence-electron chi connectivity index (χ4n) is 4.05. The lowest BCUT2D eigenvalue weighted by molar-refractivity contribution is -0.127. The molecule has 6 nitrogen and oxygen atoms in total. The maximum atomic E-state index is 13.1. The third kappa shape index (κ3) is 5.65. The van der Waals surface area contributed by atoms with E-state index < -0.39 is 23.6 Å². The molecule has 1 N–H and O–H groups in total. The zero-order valence-corrected chi connectivity index (χ0v) is 24.1. The summed E-state index contributed by atoms with van der Waals surface area (Å²) in [5, 5.41) is 4.60. The van der Waals surface area contributed by atoms with Gasteiger partial charge in [-0.2, -0.15) is 0 Å². The molecule has 0 spiro atoms. The van der Waals surface area contributed by atoms with Crippen LogP contribution in [0.15, 0.2) is 76.2 Å². The van der Waals surface area contributed by atoms with Crippen LogP contribution in [0.25, 0.3) is 17.0 Å². The first-order chi connectivity index (χ1) is 18.2. The van der Waals surface area contributed by atoms with Crippen LogP contribution in [0.1, 0.15) is 11.1 Å². The Hall–Kier alpha value is -2.75. The quantitative estimate of drug-likeness (QED) is 0.215. The standard InChI is InChI=1S/C27H17BrCl3N3O3S/c28-20-8-7-18(11-22(20)31)32-25(35)14-34-26(36)24(38-27(34)37)9-16-13-33(23-4-2-1-3-19(16)23)12-15-5-6-17(29)10-21(15)30/h1-11,13H,12,14H2,(H,32,35)/b24-9+. The number of benzene rings is 3. The molecule has 1 fully saturated rings. The lowest BCUT2D eigenvalue weighted by Gasteiger charge is -2.12. The molecule has 192 valence electrons. The molecule has 1 aliphatic heterocycles. The van der Waals surface area contributed by atoms with Crippen molar-refractivity contribution in [3.63, 3.8) is 0 Å². The van der Waals surface area contributed by atoms with E-state index in [0.717, 1.165) is 38.7 Å². The van der Waals surface area contributed by atoms with Crippen LogP contribution in [0.4, 0.5) is 10.5 Å². The van der Waals surface area contributed by atoms with Crippen molar-refractivity contribution in [2.24, 2.45) is 0 Å². The molecule has 1 aromatic heterocycles. The highest BCUT2D eigenvalue weighted by Gasteiger charge is 2.36. The third-order valence-electron chi connectivity index (χ3n) is 5.84. The zero-order valence-electron chi connectivity index (χ0n) is 19.4. The molecule has 3 amide bonds. The minimum absolute atomic E-state index is 0.238. The van der Waals surface area contributed by atoms with Crippen molar-refractivity contribution in [3.8, 4) is 0 Å². The van der Waals surface area contributed by atoms with Crippen molar-refractivity contribution >= 4 is 102 Å². The molecular weight excluding hydrogens is 633 g/mol. The van der Waals surface area contributed by atoms with E-state index in [1.165, 1.54) is 0 Å². The van der Waals surface area contributed by atoms with Gasteiger partial charge in [0.1, 0.15) is 6.54 Å². The van der Waals surface area contributed by atoms with Gasteiger partial charge in [-0.15, -0.1) is 0 Å². The largest absolute Gasteiger partial charge is 0.342 e. The van der Waals surface area contributed by atoms with Gasteiger partial charge >= 0.3 is 0 Å². The maximum absolute atomic E-state index is 13.1. The Morgan fingerprint density at radius 1 is 1.00 bits per heavy atom. The van der Waals surface area contributed by atoms with E-state index in [9.17, 15) is 14.4 Å². The minimum atomic E-state index is -0.526. The van der Waals surface area contributed by atoms with Gasteiger partial charge in [-0.1, -0.05) is 59.1 Å². The van der Waals surface area contributed by atoms with Crippen molar-refractivity contribution in [2.45, 2.75) is 6.54 Å². The van der Waals surface area contributed by atoms with Gasteiger partial charge in [0, 0.05) is 49.4 Å². The van der Waals surface area contributed by atoms with Crippen LogP contribution in [0.2, 0.25) is 15.1 Å². The van der Waals surface area contributed by atoms with E-state index >= 15 is 0 Å². The van der Waals surface area contributed by atoms with Crippen molar-refractivity contribution in [3.05, 3.63) is 102 Å². The summed E-state index contributed by atoms with van der Waals surface area (Å²) in [5.74, 6) is -1.04. The highest BCUT2D eigenvalue weighted by atomic mass is 79.9. The number of amides is 3. The van der Waals surface area contributed by atoms with Crippen molar-refractivity contribution in [1.82, 2.24) is 9.47 Å². The molecule has 11 heteroatoms. The van der Waals surface area contributed by atoms with Crippen LogP contribution in [-0.4, -0.2) is 33.1 Å². The highest BCUT2D eigenvalue weighted by molar-refractivity contribution is 9.10. The number of hydrogen-bond donors (Lipinski definition) is 1. The molecule has 0 unspecified atom stereocenters. The van der Waals surface area contributed by atoms with Crippen molar-refractivity contribution < 1.29 is 14.4 Å². The number of nitrogens with one attached hydrogen (secondary N) is 1. The smallest absolute Gasteiger partial charge is 0.294 e. The summed E-state index contributed by atoms with van der Waals surface area (Å²) in [6, 6.07) is 18.0. The number of imide groups is 1. The number of nitrogens with zero attached hydrogens (tertiary/aromatic N) is 2. The highest BCUT2D eigenvalue weighted by Crippen LogP contribution is 2.35. The Morgan fingerprint density at radius 3 is 2.55 bits per heavy atom. The van der Waals surface area contributed by atoms with Crippen LogP contribution in [-0.2, 0) is 16.1 Å². The number of fused-ring (bicyclic) bond motifs is 1. The Bertz CT molecular complexity index is 1650. The van der Waals surface area contributed by atoms with E-state index in [0.29, 0.717) is 31.8 Å². The molecule has 4 aromatic rings. The average molecular weight is 650 g/mol. The fraction of sp³-hybridized carbons (Fsp3) is 0.0741. The Balaban J connectivity index is 1.37. The molecule has 0 saturated carbocycles. The summed E-state index contributed by atoms with van der Waals surface area (Å²) in [7, 11) is 0. The van der Waals surface area contributed by atoms with Gasteiger partial charge in [0.15, 0.2) is 0 Å². The second kappa shape index (κ2) is 11.2. The van der Waals surface area contributed by atoms with Crippen LogP contribution in [0, 0.1) is 0 Å². The number of halogens is 4. The van der Waals surface area contributed by atoms with Crippen molar-refractivity contribution in [2.75, 3.05) is 11.9 Å². The van der Waals surface area contributed by atoms with E-state index in [1.54, 1.807) is 36.4 Å². The van der Waals surface area contributed by atoms with Crippen LogP contribution < -0.4 is 5.32 Å². The number of anilines is 1. The summed E-state index contributed by atoms with van der Waals surface area (Å²) >= 11 is 22.6. The van der Waals surface area contributed by atoms with Gasteiger partial charge in [-0.25, -0.2) is 0 Å². The first kappa shape index (κ1) is 26.8. The molecule has 5 rings (SSSR count). The summed E-state index contributed by atoms with van der Waals surface area (Å²) in [6.07, 6.45) is 3.59. The predicted octanol–water partition coefficient (Wildman–Crippen LogP) is 8.09. The molecule has 38 heavy (non-hydrogen) atoms. The molecule has 0 atom stereocenters. The summed E-state index contributed by atoms with van der Waals surface area (Å²) in [5.41, 5.74) is 3.06. The van der Waals surface area contributed by atoms with Crippen LogP contribution in [0.5, 0.6) is 0 Å². The summed E-state index contributed by atoms with van der Waals surface area (Å²) in [4.78, 5) is 39.5. The number of rotatable bonds is 6. The normalized spacial score (nSPS) is 14.6. The molecule has 1 saturated heterocycles.